The number of likely N-dealkylation sites (tertiary alicyclic amines) is 1. The SMILES string of the molecule is COc1cc(C)c(S(=O)(=O)N2CCC[C@H]2C(=O)N2CCC(C)CC2)c(C)c1. The van der Waals surface area contributed by atoms with E-state index in [4.69, 9.17) is 4.74 Å². The van der Waals surface area contributed by atoms with E-state index in [1.54, 1.807) is 33.1 Å². The Balaban J connectivity index is 1.89. The number of methoxy groups -OCH3 is 1. The minimum absolute atomic E-state index is 0.0354. The average Bonchev–Trinajstić information content (AvgIpc) is 3.11. The van der Waals surface area contributed by atoms with Crippen LogP contribution in [0.1, 0.15) is 43.7 Å². The molecule has 2 aliphatic heterocycles. The number of sulfonamides is 1. The van der Waals surface area contributed by atoms with Crippen molar-refractivity contribution in [1.82, 2.24) is 9.21 Å². The van der Waals surface area contributed by atoms with Crippen molar-refractivity contribution < 1.29 is 17.9 Å². The monoisotopic (exact) mass is 394 g/mol. The topological polar surface area (TPSA) is 66.9 Å². The van der Waals surface area contributed by atoms with Crippen LogP contribution in [0.25, 0.3) is 0 Å². The van der Waals surface area contributed by atoms with Gasteiger partial charge >= 0.3 is 0 Å². The standard InChI is InChI=1S/C20H30N2O4S/c1-14-7-10-21(11-8-14)20(23)18-6-5-9-22(18)27(24,25)19-15(2)12-17(26-4)13-16(19)3/h12-14,18H,5-11H2,1-4H3/t18-/m0/s1. The Morgan fingerprint density at radius 2 is 1.67 bits per heavy atom. The van der Waals surface area contributed by atoms with Crippen LogP contribution in [0, 0.1) is 19.8 Å². The Morgan fingerprint density at radius 3 is 2.22 bits per heavy atom. The van der Waals surface area contributed by atoms with Crippen LogP contribution in [0.4, 0.5) is 0 Å². The largest absolute Gasteiger partial charge is 0.497 e. The smallest absolute Gasteiger partial charge is 0.244 e. The number of rotatable bonds is 4. The summed E-state index contributed by atoms with van der Waals surface area (Å²) in [7, 11) is -2.17. The van der Waals surface area contributed by atoms with Crippen LogP contribution in [-0.2, 0) is 14.8 Å². The van der Waals surface area contributed by atoms with Crippen molar-refractivity contribution in [3.05, 3.63) is 23.3 Å². The van der Waals surface area contributed by atoms with E-state index in [2.05, 4.69) is 6.92 Å². The molecule has 2 saturated heterocycles. The molecule has 2 heterocycles. The summed E-state index contributed by atoms with van der Waals surface area (Å²) in [6, 6.07) is 2.89. The molecule has 1 aromatic rings. The highest BCUT2D eigenvalue weighted by atomic mass is 32.2. The van der Waals surface area contributed by atoms with Gasteiger partial charge in [-0.15, -0.1) is 0 Å². The number of piperidine rings is 1. The second-order valence-electron chi connectivity index (χ2n) is 7.87. The summed E-state index contributed by atoms with van der Waals surface area (Å²) >= 11 is 0. The third kappa shape index (κ3) is 3.85. The lowest BCUT2D eigenvalue weighted by molar-refractivity contribution is -0.135. The quantitative estimate of drug-likeness (QED) is 0.788. The molecule has 0 unspecified atom stereocenters. The molecular formula is C20H30N2O4S. The third-order valence-corrected chi connectivity index (χ3v) is 8.03. The fourth-order valence-electron chi connectivity index (χ4n) is 4.27. The van der Waals surface area contributed by atoms with Crippen molar-refractivity contribution in [1.29, 1.82) is 0 Å². The lowest BCUT2D eigenvalue weighted by atomic mass is 9.98. The van der Waals surface area contributed by atoms with Crippen LogP contribution in [0.15, 0.2) is 17.0 Å². The van der Waals surface area contributed by atoms with Crippen LogP contribution in [0.3, 0.4) is 0 Å². The van der Waals surface area contributed by atoms with E-state index in [0.717, 1.165) is 25.9 Å². The summed E-state index contributed by atoms with van der Waals surface area (Å²) in [5, 5.41) is 0. The molecule has 1 amide bonds. The molecule has 0 aromatic heterocycles. The second-order valence-corrected chi connectivity index (χ2v) is 9.70. The van der Waals surface area contributed by atoms with Gasteiger partial charge in [-0.3, -0.25) is 4.79 Å². The van der Waals surface area contributed by atoms with Gasteiger partial charge in [-0.25, -0.2) is 8.42 Å². The molecule has 2 fully saturated rings. The molecular weight excluding hydrogens is 364 g/mol. The molecule has 0 bridgehead atoms. The molecule has 150 valence electrons. The molecule has 0 saturated carbocycles. The van der Waals surface area contributed by atoms with Crippen LogP contribution >= 0.6 is 0 Å². The Labute approximate surface area is 162 Å². The summed E-state index contributed by atoms with van der Waals surface area (Å²) in [6.07, 6.45) is 3.29. The van der Waals surface area contributed by atoms with E-state index in [1.165, 1.54) is 4.31 Å². The number of nitrogens with zero attached hydrogens (tertiary/aromatic N) is 2. The molecule has 6 nitrogen and oxygen atoms in total. The molecule has 1 atom stereocenters. The normalized spacial score (nSPS) is 22.2. The number of carbonyl (C=O) groups is 1. The lowest BCUT2D eigenvalue weighted by Crippen LogP contribution is -2.49. The van der Waals surface area contributed by atoms with E-state index in [-0.39, 0.29) is 5.91 Å². The van der Waals surface area contributed by atoms with Gasteiger partial charge in [-0.05, 0) is 68.7 Å². The minimum Gasteiger partial charge on any atom is -0.497 e. The van der Waals surface area contributed by atoms with Crippen LogP contribution in [-0.4, -0.2) is 56.3 Å². The number of amides is 1. The first-order valence-corrected chi connectivity index (χ1v) is 11.2. The zero-order chi connectivity index (χ0) is 19.8. The van der Waals surface area contributed by atoms with E-state index in [1.807, 2.05) is 4.90 Å². The highest BCUT2D eigenvalue weighted by Crippen LogP contribution is 2.33. The molecule has 7 heteroatoms. The molecule has 1 aromatic carbocycles. The van der Waals surface area contributed by atoms with Gasteiger partial charge in [0.05, 0.1) is 12.0 Å². The fraction of sp³-hybridized carbons (Fsp3) is 0.650. The predicted molar refractivity (Wildman–Crippen MR) is 104 cm³/mol. The van der Waals surface area contributed by atoms with E-state index in [9.17, 15) is 13.2 Å². The molecule has 27 heavy (non-hydrogen) atoms. The fourth-order valence-corrected chi connectivity index (χ4v) is 6.33. The predicted octanol–water partition coefficient (Wildman–Crippen LogP) is 2.72. The molecule has 0 spiro atoms. The Kier molecular flexibility index (Phi) is 5.82. The number of hydrogen-bond acceptors (Lipinski definition) is 4. The summed E-state index contributed by atoms with van der Waals surface area (Å²) in [5.41, 5.74) is 1.30. The Hall–Kier alpha value is -1.60. The lowest BCUT2D eigenvalue weighted by Gasteiger charge is -2.34. The van der Waals surface area contributed by atoms with Crippen molar-refractivity contribution >= 4 is 15.9 Å². The van der Waals surface area contributed by atoms with E-state index < -0.39 is 16.1 Å². The van der Waals surface area contributed by atoms with Crippen LogP contribution in [0.5, 0.6) is 5.75 Å². The van der Waals surface area contributed by atoms with E-state index in [0.29, 0.717) is 47.1 Å². The molecule has 0 N–H and O–H groups in total. The zero-order valence-corrected chi connectivity index (χ0v) is 17.5. The van der Waals surface area contributed by atoms with E-state index >= 15 is 0 Å². The highest BCUT2D eigenvalue weighted by molar-refractivity contribution is 7.89. The van der Waals surface area contributed by atoms with Gasteiger partial charge in [0.15, 0.2) is 0 Å². The summed E-state index contributed by atoms with van der Waals surface area (Å²) < 4.78 is 33.6. The van der Waals surface area contributed by atoms with Gasteiger partial charge in [-0.2, -0.15) is 4.31 Å². The molecule has 0 aliphatic carbocycles. The zero-order valence-electron chi connectivity index (χ0n) is 16.7. The maximum absolute atomic E-state index is 13.4. The summed E-state index contributed by atoms with van der Waals surface area (Å²) in [4.78, 5) is 15.2. The Morgan fingerprint density at radius 1 is 1.07 bits per heavy atom. The van der Waals surface area contributed by atoms with Crippen LogP contribution < -0.4 is 4.74 Å². The van der Waals surface area contributed by atoms with Crippen molar-refractivity contribution in [3.63, 3.8) is 0 Å². The van der Waals surface area contributed by atoms with Gasteiger partial charge in [0.25, 0.3) is 0 Å². The first-order valence-electron chi connectivity index (χ1n) is 9.71. The minimum atomic E-state index is -3.74. The number of ether oxygens (including phenoxy) is 1. The summed E-state index contributed by atoms with van der Waals surface area (Å²) in [5.74, 6) is 1.23. The maximum atomic E-state index is 13.4. The third-order valence-electron chi connectivity index (χ3n) is 5.82. The molecule has 3 rings (SSSR count). The number of carbonyl (C=O) groups excluding carboxylic acids is 1. The first kappa shape index (κ1) is 20.1. The first-order chi connectivity index (χ1) is 12.8. The number of benzene rings is 1. The van der Waals surface area contributed by atoms with Gasteiger partial charge in [0, 0.05) is 19.6 Å². The van der Waals surface area contributed by atoms with Gasteiger partial charge in [-0.1, -0.05) is 6.92 Å². The molecule has 2 aliphatic rings. The Bertz CT molecular complexity index is 790. The highest BCUT2D eigenvalue weighted by Gasteiger charge is 2.42. The number of hydrogen-bond donors (Lipinski definition) is 0. The van der Waals surface area contributed by atoms with Crippen LogP contribution in [0.2, 0.25) is 0 Å². The molecule has 0 radical (unpaired) electrons. The maximum Gasteiger partial charge on any atom is 0.244 e. The van der Waals surface area contributed by atoms with Crippen molar-refractivity contribution in [2.45, 2.75) is 57.4 Å². The van der Waals surface area contributed by atoms with Crippen molar-refractivity contribution in [2.24, 2.45) is 5.92 Å². The van der Waals surface area contributed by atoms with Crippen molar-refractivity contribution in [2.75, 3.05) is 26.7 Å². The average molecular weight is 395 g/mol. The van der Waals surface area contributed by atoms with Gasteiger partial charge < -0.3 is 9.64 Å². The van der Waals surface area contributed by atoms with Gasteiger partial charge in [0.2, 0.25) is 15.9 Å². The van der Waals surface area contributed by atoms with Gasteiger partial charge in [0.1, 0.15) is 11.8 Å². The number of aryl methyl sites for hydroxylation is 2. The second kappa shape index (κ2) is 7.80. The van der Waals surface area contributed by atoms with Crippen molar-refractivity contribution in [3.8, 4) is 5.75 Å². The summed E-state index contributed by atoms with van der Waals surface area (Å²) in [6.45, 7) is 7.61.